The Morgan fingerprint density at radius 3 is 2.62 bits per heavy atom. The summed E-state index contributed by atoms with van der Waals surface area (Å²) in [7, 11) is 0. The van der Waals surface area contributed by atoms with Gasteiger partial charge >= 0.3 is 0 Å². The van der Waals surface area contributed by atoms with Crippen molar-refractivity contribution in [3.05, 3.63) is 89.1 Å². The molecule has 3 aromatic rings. The number of carbonyl (C=O) groups excluding carboxylic acids is 1. The maximum Gasteiger partial charge on any atom is 0.246 e. The maximum absolute atomic E-state index is 13.8. The third kappa shape index (κ3) is 4.08. The van der Waals surface area contributed by atoms with E-state index in [1.54, 1.807) is 11.8 Å². The zero-order chi connectivity index (χ0) is 20.4. The van der Waals surface area contributed by atoms with Crippen molar-refractivity contribution in [2.75, 3.05) is 13.1 Å². The Kier molecular flexibility index (Phi) is 5.20. The highest BCUT2D eigenvalue weighted by Crippen LogP contribution is 2.39. The fraction of sp³-hybridized carbons (Fsp3) is 0.227. The predicted molar refractivity (Wildman–Crippen MR) is 103 cm³/mol. The van der Waals surface area contributed by atoms with Crippen LogP contribution in [0, 0.1) is 18.6 Å². The summed E-state index contributed by atoms with van der Waals surface area (Å²) >= 11 is 0. The second-order valence-electron chi connectivity index (χ2n) is 7.05. The van der Waals surface area contributed by atoms with Crippen LogP contribution in [-0.4, -0.2) is 34.0 Å². The molecule has 1 saturated heterocycles. The van der Waals surface area contributed by atoms with E-state index in [1.807, 2.05) is 30.3 Å². The van der Waals surface area contributed by atoms with Crippen LogP contribution in [-0.2, 0) is 4.79 Å². The van der Waals surface area contributed by atoms with Gasteiger partial charge in [0.15, 0.2) is 5.82 Å². The van der Waals surface area contributed by atoms with Gasteiger partial charge in [0.05, 0.1) is 5.92 Å². The summed E-state index contributed by atoms with van der Waals surface area (Å²) in [6.45, 7) is 2.61. The van der Waals surface area contributed by atoms with E-state index in [0.29, 0.717) is 24.8 Å². The summed E-state index contributed by atoms with van der Waals surface area (Å²) in [6.07, 6.45) is 2.56. The van der Waals surface area contributed by atoms with Crippen LogP contribution in [0.1, 0.15) is 34.7 Å². The van der Waals surface area contributed by atoms with Gasteiger partial charge in [-0.1, -0.05) is 35.5 Å². The predicted octanol–water partition coefficient (Wildman–Crippen LogP) is 4.08. The van der Waals surface area contributed by atoms with Gasteiger partial charge in [0.2, 0.25) is 11.8 Å². The van der Waals surface area contributed by atoms with Crippen LogP contribution >= 0.6 is 0 Å². The molecule has 0 bridgehead atoms. The zero-order valence-corrected chi connectivity index (χ0v) is 15.8. The van der Waals surface area contributed by atoms with Crippen molar-refractivity contribution in [1.82, 2.24) is 15.0 Å². The molecule has 0 saturated carbocycles. The van der Waals surface area contributed by atoms with Crippen molar-refractivity contribution in [3.8, 4) is 0 Å². The van der Waals surface area contributed by atoms with Crippen molar-refractivity contribution in [2.24, 2.45) is 0 Å². The van der Waals surface area contributed by atoms with E-state index in [1.165, 1.54) is 12.2 Å². The van der Waals surface area contributed by atoms with Crippen molar-refractivity contribution < 1.29 is 18.1 Å². The molecule has 1 amide bonds. The lowest BCUT2D eigenvalue weighted by Crippen LogP contribution is -2.27. The fourth-order valence-electron chi connectivity index (χ4n) is 3.64. The first-order valence-corrected chi connectivity index (χ1v) is 9.28. The smallest absolute Gasteiger partial charge is 0.246 e. The minimum Gasteiger partial charge on any atom is -0.339 e. The van der Waals surface area contributed by atoms with Gasteiger partial charge < -0.3 is 9.42 Å². The summed E-state index contributed by atoms with van der Waals surface area (Å²) in [5.41, 5.74) is 1.10. The molecule has 2 atom stereocenters. The summed E-state index contributed by atoms with van der Waals surface area (Å²) in [4.78, 5) is 18.7. The van der Waals surface area contributed by atoms with Crippen LogP contribution in [0.2, 0.25) is 0 Å². The molecule has 7 heteroatoms. The monoisotopic (exact) mass is 395 g/mol. The number of halogens is 2. The Balaban J connectivity index is 1.57. The number of nitrogens with zero attached hydrogens (tertiary/aromatic N) is 3. The van der Waals surface area contributed by atoms with E-state index in [-0.39, 0.29) is 23.3 Å². The van der Waals surface area contributed by atoms with E-state index >= 15 is 0 Å². The van der Waals surface area contributed by atoms with Crippen molar-refractivity contribution in [3.63, 3.8) is 0 Å². The SMILES string of the molecule is Cc1noc(C2CN(C(=O)/C=C\c3cc(F)ccc3F)CC2c2ccccc2)n1. The Labute approximate surface area is 166 Å². The molecule has 1 aromatic heterocycles. The average Bonchev–Trinajstić information content (AvgIpc) is 3.35. The second kappa shape index (κ2) is 7.95. The van der Waals surface area contributed by atoms with Gasteiger partial charge in [0.1, 0.15) is 11.6 Å². The molecule has 0 spiro atoms. The highest BCUT2D eigenvalue weighted by atomic mass is 19.1. The molecule has 1 aliphatic heterocycles. The lowest BCUT2D eigenvalue weighted by atomic mass is 9.89. The van der Waals surface area contributed by atoms with Gasteiger partial charge in [-0.2, -0.15) is 4.98 Å². The standard InChI is InChI=1S/C22H19F2N3O2/c1-14-25-22(29-26-14)19-13-27(12-18(19)15-5-3-2-4-6-15)21(28)10-7-16-11-17(23)8-9-20(16)24/h2-11,18-19H,12-13H2,1H3/b10-7-. The number of amides is 1. The molecule has 0 aliphatic carbocycles. The van der Waals surface area contributed by atoms with E-state index in [0.717, 1.165) is 23.8 Å². The molecule has 2 aromatic carbocycles. The van der Waals surface area contributed by atoms with Gasteiger partial charge in [-0.3, -0.25) is 4.79 Å². The van der Waals surface area contributed by atoms with Crippen LogP contribution in [0.15, 0.2) is 59.1 Å². The number of aryl methyl sites for hydroxylation is 1. The number of hydrogen-bond acceptors (Lipinski definition) is 4. The highest BCUT2D eigenvalue weighted by molar-refractivity contribution is 5.92. The van der Waals surface area contributed by atoms with Gasteiger partial charge in [-0.05, 0) is 36.8 Å². The zero-order valence-electron chi connectivity index (χ0n) is 15.8. The average molecular weight is 395 g/mol. The molecule has 2 unspecified atom stereocenters. The number of aromatic nitrogens is 2. The van der Waals surface area contributed by atoms with Gasteiger partial charge in [-0.15, -0.1) is 0 Å². The van der Waals surface area contributed by atoms with Crippen molar-refractivity contribution in [1.29, 1.82) is 0 Å². The number of hydrogen-bond donors (Lipinski definition) is 0. The second-order valence-corrected chi connectivity index (χ2v) is 7.05. The lowest BCUT2D eigenvalue weighted by molar-refractivity contribution is -0.125. The lowest BCUT2D eigenvalue weighted by Gasteiger charge is -2.15. The normalized spacial score (nSPS) is 19.2. The van der Waals surface area contributed by atoms with Gasteiger partial charge in [-0.25, -0.2) is 8.78 Å². The summed E-state index contributed by atoms with van der Waals surface area (Å²) in [5.74, 6) is -0.534. The first kappa shape index (κ1) is 19.0. The van der Waals surface area contributed by atoms with E-state index < -0.39 is 11.6 Å². The van der Waals surface area contributed by atoms with Gasteiger partial charge in [0.25, 0.3) is 0 Å². The third-order valence-corrected chi connectivity index (χ3v) is 5.08. The van der Waals surface area contributed by atoms with Crippen molar-refractivity contribution >= 4 is 12.0 Å². The van der Waals surface area contributed by atoms with Crippen LogP contribution in [0.3, 0.4) is 0 Å². The molecule has 0 radical (unpaired) electrons. The number of likely N-dealkylation sites (tertiary alicyclic amines) is 1. The molecule has 4 rings (SSSR count). The first-order chi connectivity index (χ1) is 14.0. The molecule has 148 valence electrons. The topological polar surface area (TPSA) is 59.2 Å². The number of rotatable bonds is 4. The number of benzene rings is 2. The molecule has 2 heterocycles. The summed E-state index contributed by atoms with van der Waals surface area (Å²) < 4.78 is 32.5. The molecule has 1 aliphatic rings. The maximum atomic E-state index is 13.8. The van der Waals surface area contributed by atoms with Crippen molar-refractivity contribution in [2.45, 2.75) is 18.8 Å². The van der Waals surface area contributed by atoms with Crippen LogP contribution < -0.4 is 0 Å². The Morgan fingerprint density at radius 1 is 1.14 bits per heavy atom. The quantitative estimate of drug-likeness (QED) is 0.625. The Hall–Kier alpha value is -3.35. The molecular weight excluding hydrogens is 376 g/mol. The molecule has 29 heavy (non-hydrogen) atoms. The highest BCUT2D eigenvalue weighted by Gasteiger charge is 2.39. The van der Waals surface area contributed by atoms with Crippen LogP contribution in [0.5, 0.6) is 0 Å². The summed E-state index contributed by atoms with van der Waals surface area (Å²) in [5, 5.41) is 3.87. The third-order valence-electron chi connectivity index (χ3n) is 5.08. The summed E-state index contributed by atoms with van der Waals surface area (Å²) in [6, 6.07) is 13.0. The molecule has 5 nitrogen and oxygen atoms in total. The van der Waals surface area contributed by atoms with Crippen LogP contribution in [0.25, 0.3) is 6.08 Å². The van der Waals surface area contributed by atoms with E-state index in [9.17, 15) is 13.6 Å². The van der Waals surface area contributed by atoms with E-state index in [4.69, 9.17) is 4.52 Å². The first-order valence-electron chi connectivity index (χ1n) is 9.28. The molecule has 1 fully saturated rings. The largest absolute Gasteiger partial charge is 0.339 e. The molecule has 0 N–H and O–H groups in total. The number of carbonyl (C=O) groups is 1. The fourth-order valence-corrected chi connectivity index (χ4v) is 3.64. The Morgan fingerprint density at radius 2 is 1.90 bits per heavy atom. The van der Waals surface area contributed by atoms with Gasteiger partial charge in [0, 0.05) is 30.6 Å². The van der Waals surface area contributed by atoms with Crippen LogP contribution in [0.4, 0.5) is 8.78 Å². The minimum atomic E-state index is -0.585. The van der Waals surface area contributed by atoms with E-state index in [2.05, 4.69) is 10.1 Å². The Bertz CT molecular complexity index is 1050. The minimum absolute atomic E-state index is 0.000643. The molecular formula is C22H19F2N3O2.